The van der Waals surface area contributed by atoms with E-state index >= 15 is 0 Å². The average Bonchev–Trinajstić information content (AvgIpc) is 2.15. The van der Waals surface area contributed by atoms with E-state index in [0.717, 1.165) is 25.3 Å². The molecule has 0 unspecified atom stereocenters. The highest BCUT2D eigenvalue weighted by Crippen LogP contribution is 2.15. The first kappa shape index (κ1) is 10.2. The molecule has 0 aliphatic rings. The van der Waals surface area contributed by atoms with E-state index in [1.807, 2.05) is 0 Å². The number of hydrogen-bond acceptors (Lipinski definition) is 4. The van der Waals surface area contributed by atoms with Crippen molar-refractivity contribution in [1.29, 1.82) is 0 Å². The van der Waals surface area contributed by atoms with Crippen molar-refractivity contribution in [3.05, 3.63) is 29.6 Å². The number of methoxy groups -OCH3 is 1. The Hall–Kier alpha value is -1.91. The molecule has 0 atom stereocenters. The van der Waals surface area contributed by atoms with Crippen molar-refractivity contribution in [2.45, 2.75) is 0 Å². The Bertz CT molecular complexity index is 386. The molecule has 0 spiro atoms. The predicted molar refractivity (Wildman–Crippen MR) is 44.4 cm³/mol. The summed E-state index contributed by atoms with van der Waals surface area (Å²) in [5.41, 5.74) is -0.422. The Morgan fingerprint density at radius 3 is 2.57 bits per heavy atom. The minimum Gasteiger partial charge on any atom is -0.508 e. The zero-order valence-electron chi connectivity index (χ0n) is 7.28. The van der Waals surface area contributed by atoms with Crippen LogP contribution in [0.2, 0.25) is 0 Å². The lowest BCUT2D eigenvalue weighted by Crippen LogP contribution is -2.16. The van der Waals surface area contributed by atoms with E-state index in [1.54, 1.807) is 0 Å². The van der Waals surface area contributed by atoms with E-state index < -0.39 is 23.1 Å². The number of esters is 1. The number of Topliss-reactive ketones (excluding diaryl/α,β-unsaturated/α-hetero) is 1. The van der Waals surface area contributed by atoms with Crippen LogP contribution in [0.1, 0.15) is 10.4 Å². The van der Waals surface area contributed by atoms with Gasteiger partial charge in [0, 0.05) is 6.07 Å². The molecule has 1 rings (SSSR count). The van der Waals surface area contributed by atoms with E-state index in [1.165, 1.54) is 0 Å². The second-order valence-corrected chi connectivity index (χ2v) is 2.48. The smallest absolute Gasteiger partial charge is 0.379 e. The summed E-state index contributed by atoms with van der Waals surface area (Å²) in [5.74, 6) is -3.50. The highest BCUT2D eigenvalue weighted by molar-refractivity contribution is 6.40. The van der Waals surface area contributed by atoms with Crippen LogP contribution in [0, 0.1) is 5.82 Å². The molecule has 0 amide bonds. The summed E-state index contributed by atoms with van der Waals surface area (Å²) in [4.78, 5) is 21.9. The zero-order valence-corrected chi connectivity index (χ0v) is 7.28. The van der Waals surface area contributed by atoms with Gasteiger partial charge in [-0.25, -0.2) is 9.18 Å². The third-order valence-electron chi connectivity index (χ3n) is 1.57. The number of phenols is 1. The van der Waals surface area contributed by atoms with Gasteiger partial charge in [0.1, 0.15) is 11.6 Å². The van der Waals surface area contributed by atoms with Gasteiger partial charge >= 0.3 is 5.97 Å². The topological polar surface area (TPSA) is 63.6 Å². The van der Waals surface area contributed by atoms with E-state index in [0.29, 0.717) is 0 Å². The minimum atomic E-state index is -1.14. The Morgan fingerprint density at radius 1 is 1.43 bits per heavy atom. The lowest BCUT2D eigenvalue weighted by Gasteiger charge is -2.00. The molecular weight excluding hydrogens is 191 g/mol. The van der Waals surface area contributed by atoms with Crippen LogP contribution in [0.5, 0.6) is 5.75 Å². The monoisotopic (exact) mass is 198 g/mol. The molecule has 0 heterocycles. The zero-order chi connectivity index (χ0) is 10.7. The number of ether oxygens (including phenoxy) is 1. The number of halogens is 1. The molecule has 74 valence electrons. The molecule has 1 aromatic carbocycles. The number of rotatable bonds is 2. The molecule has 0 saturated heterocycles. The fourth-order valence-corrected chi connectivity index (χ4v) is 0.891. The normalized spacial score (nSPS) is 9.57. The van der Waals surface area contributed by atoms with Crippen molar-refractivity contribution in [2.24, 2.45) is 0 Å². The maximum Gasteiger partial charge on any atom is 0.379 e. The molecule has 0 radical (unpaired) electrons. The second-order valence-electron chi connectivity index (χ2n) is 2.48. The van der Waals surface area contributed by atoms with Crippen molar-refractivity contribution < 1.29 is 23.8 Å². The standard InChI is InChI=1S/C9H7FO4/c1-14-9(13)8(12)6-3-2-5(11)4-7(6)10/h2-4,11H,1H3. The van der Waals surface area contributed by atoms with Crippen molar-refractivity contribution in [2.75, 3.05) is 7.11 Å². The van der Waals surface area contributed by atoms with E-state index in [2.05, 4.69) is 4.74 Å². The summed E-state index contributed by atoms with van der Waals surface area (Å²) < 4.78 is 17.1. The first-order valence-corrected chi connectivity index (χ1v) is 3.67. The molecule has 0 aliphatic heterocycles. The lowest BCUT2D eigenvalue weighted by molar-refractivity contribution is -0.135. The molecule has 0 fully saturated rings. The summed E-state index contributed by atoms with van der Waals surface area (Å²) in [6, 6.07) is 2.87. The van der Waals surface area contributed by atoms with Crippen LogP contribution in [0.4, 0.5) is 4.39 Å². The quantitative estimate of drug-likeness (QED) is 0.435. The van der Waals surface area contributed by atoms with Crippen molar-refractivity contribution in [3.8, 4) is 5.75 Å². The number of phenolic OH excluding ortho intramolecular Hbond substituents is 1. The van der Waals surface area contributed by atoms with Gasteiger partial charge < -0.3 is 9.84 Å². The first-order chi connectivity index (χ1) is 6.56. The maximum atomic E-state index is 13.0. The number of ketones is 1. The Morgan fingerprint density at radius 2 is 2.07 bits per heavy atom. The highest BCUT2D eigenvalue weighted by Gasteiger charge is 2.20. The molecule has 0 aliphatic carbocycles. The summed E-state index contributed by atoms with van der Waals surface area (Å²) in [7, 11) is 1.03. The summed E-state index contributed by atoms with van der Waals surface area (Å²) in [6.07, 6.45) is 0. The highest BCUT2D eigenvalue weighted by atomic mass is 19.1. The van der Waals surface area contributed by atoms with Gasteiger partial charge in [-0.3, -0.25) is 4.79 Å². The SMILES string of the molecule is COC(=O)C(=O)c1ccc(O)cc1F. The van der Waals surface area contributed by atoms with Crippen LogP contribution in [0.15, 0.2) is 18.2 Å². The molecule has 0 bridgehead atoms. The predicted octanol–water partition coefficient (Wildman–Crippen LogP) is 0.887. The van der Waals surface area contributed by atoms with Gasteiger partial charge in [-0.2, -0.15) is 0 Å². The van der Waals surface area contributed by atoms with E-state index in [9.17, 15) is 14.0 Å². The molecule has 14 heavy (non-hydrogen) atoms. The maximum absolute atomic E-state index is 13.0. The van der Waals surface area contributed by atoms with Gasteiger partial charge in [-0.15, -0.1) is 0 Å². The van der Waals surface area contributed by atoms with Gasteiger partial charge in [0.05, 0.1) is 12.7 Å². The van der Waals surface area contributed by atoms with Gasteiger partial charge in [-0.05, 0) is 12.1 Å². The first-order valence-electron chi connectivity index (χ1n) is 3.67. The molecular formula is C9H7FO4. The van der Waals surface area contributed by atoms with Gasteiger partial charge in [0.25, 0.3) is 5.78 Å². The Labute approximate surface area is 78.9 Å². The van der Waals surface area contributed by atoms with Crippen LogP contribution in [0.25, 0.3) is 0 Å². The number of benzene rings is 1. The van der Waals surface area contributed by atoms with Gasteiger partial charge in [0.15, 0.2) is 0 Å². The molecule has 0 aromatic heterocycles. The minimum absolute atomic E-state index is 0.316. The molecule has 5 heteroatoms. The second kappa shape index (κ2) is 3.87. The van der Waals surface area contributed by atoms with Crippen LogP contribution in [-0.2, 0) is 9.53 Å². The average molecular weight is 198 g/mol. The Balaban J connectivity index is 3.08. The van der Waals surface area contributed by atoms with Crippen molar-refractivity contribution in [3.63, 3.8) is 0 Å². The molecule has 1 aromatic rings. The van der Waals surface area contributed by atoms with Gasteiger partial charge in [0.2, 0.25) is 0 Å². The number of aromatic hydroxyl groups is 1. The van der Waals surface area contributed by atoms with Crippen molar-refractivity contribution in [1.82, 2.24) is 0 Å². The largest absolute Gasteiger partial charge is 0.508 e. The fraction of sp³-hybridized carbons (Fsp3) is 0.111. The van der Waals surface area contributed by atoms with Crippen molar-refractivity contribution >= 4 is 11.8 Å². The summed E-state index contributed by atoms with van der Waals surface area (Å²) in [5, 5.41) is 8.85. The van der Waals surface area contributed by atoms with E-state index in [4.69, 9.17) is 5.11 Å². The van der Waals surface area contributed by atoms with Gasteiger partial charge in [-0.1, -0.05) is 0 Å². The number of carbonyl (C=O) groups excluding carboxylic acids is 2. The van der Waals surface area contributed by atoms with Crippen LogP contribution >= 0.6 is 0 Å². The van der Waals surface area contributed by atoms with Crippen LogP contribution in [0.3, 0.4) is 0 Å². The third kappa shape index (κ3) is 1.87. The fourth-order valence-electron chi connectivity index (χ4n) is 0.891. The Kier molecular flexibility index (Phi) is 2.81. The summed E-state index contributed by atoms with van der Waals surface area (Å²) in [6.45, 7) is 0. The molecule has 0 saturated carbocycles. The lowest BCUT2D eigenvalue weighted by atomic mass is 10.1. The molecule has 4 nitrogen and oxygen atoms in total. The van der Waals surface area contributed by atoms with Crippen LogP contribution in [-0.4, -0.2) is 24.0 Å². The van der Waals surface area contributed by atoms with Crippen LogP contribution < -0.4 is 0 Å². The molecule has 1 N–H and O–H groups in total. The number of carbonyl (C=O) groups is 2. The number of hydrogen-bond donors (Lipinski definition) is 1. The third-order valence-corrected chi connectivity index (χ3v) is 1.57. The van der Waals surface area contributed by atoms with E-state index in [-0.39, 0.29) is 5.75 Å². The summed E-state index contributed by atoms with van der Waals surface area (Å²) >= 11 is 0.